The fourth-order valence-corrected chi connectivity index (χ4v) is 3.21. The second-order valence-corrected chi connectivity index (χ2v) is 7.55. The lowest BCUT2D eigenvalue weighted by Crippen LogP contribution is -2.20. The average Bonchev–Trinajstić information content (AvgIpc) is 2.82. The quantitative estimate of drug-likeness (QED) is 0.197. The van der Waals surface area contributed by atoms with E-state index in [1.165, 1.54) is 5.56 Å². The lowest BCUT2D eigenvalue weighted by molar-refractivity contribution is -0.328. The summed E-state index contributed by atoms with van der Waals surface area (Å²) in [6, 6.07) is 21.8. The maximum absolute atomic E-state index is 13.5. The number of esters is 1. The van der Waals surface area contributed by atoms with Gasteiger partial charge in [-0.2, -0.15) is 0 Å². The molecule has 0 bridgehead atoms. The Morgan fingerprint density at radius 3 is 1.94 bits per heavy atom. The van der Waals surface area contributed by atoms with Crippen molar-refractivity contribution in [1.29, 1.82) is 0 Å². The predicted molar refractivity (Wildman–Crippen MR) is 118 cm³/mol. The first-order valence-electron chi connectivity index (χ1n) is 10.6. The van der Waals surface area contributed by atoms with Crippen LogP contribution in [0.15, 0.2) is 72.8 Å². The van der Waals surface area contributed by atoms with Gasteiger partial charge in [-0.15, -0.1) is 13.2 Å². The van der Waals surface area contributed by atoms with Crippen molar-refractivity contribution in [2.24, 2.45) is 0 Å². The number of benzene rings is 3. The minimum Gasteiger partial charge on any atom is -0.423 e. The molecule has 0 saturated heterocycles. The van der Waals surface area contributed by atoms with Crippen molar-refractivity contribution in [3.8, 4) is 16.9 Å². The van der Waals surface area contributed by atoms with Gasteiger partial charge in [0.05, 0.1) is 12.2 Å². The molecule has 3 aromatic rings. The molecule has 0 aromatic heterocycles. The topological polar surface area (TPSA) is 35.5 Å². The highest BCUT2D eigenvalue weighted by molar-refractivity contribution is 5.91. The predicted octanol–water partition coefficient (Wildman–Crippen LogP) is 6.94. The van der Waals surface area contributed by atoms with E-state index < -0.39 is 25.1 Å². The van der Waals surface area contributed by atoms with Crippen LogP contribution in [0.1, 0.15) is 34.8 Å². The van der Waals surface area contributed by atoms with Crippen LogP contribution in [-0.4, -0.2) is 25.1 Å². The number of carbonyl (C=O) groups is 1. The van der Waals surface area contributed by atoms with Crippen LogP contribution in [0.2, 0.25) is 0 Å². The lowest BCUT2D eigenvalue weighted by Gasteiger charge is -2.11. The van der Waals surface area contributed by atoms with E-state index in [0.29, 0.717) is 16.9 Å². The van der Waals surface area contributed by atoms with Crippen molar-refractivity contribution in [2.45, 2.75) is 38.7 Å². The molecule has 0 aliphatic carbocycles. The Bertz CT molecular complexity index is 1030. The monoisotopic (exact) mass is 460 g/mol. The third kappa shape index (κ3) is 7.71. The molecule has 3 nitrogen and oxygen atoms in total. The molecule has 1 atom stereocenters. The number of alkyl halides is 4. The van der Waals surface area contributed by atoms with E-state index in [9.17, 15) is 22.4 Å². The SMILES string of the molecule is CCc1ccc(-c2ccc(C(=O)Oc3ccc(CCC(F)COC(F)(F)F)cc3)cc2)cc1. The summed E-state index contributed by atoms with van der Waals surface area (Å²) in [5.74, 6) is -0.191. The Balaban J connectivity index is 1.51. The molecule has 1 unspecified atom stereocenters. The molecule has 0 aliphatic heterocycles. The fourth-order valence-electron chi connectivity index (χ4n) is 3.21. The second kappa shape index (κ2) is 11.1. The Kier molecular flexibility index (Phi) is 8.22. The first-order valence-corrected chi connectivity index (χ1v) is 10.6. The number of hydrogen-bond donors (Lipinski definition) is 0. The van der Waals surface area contributed by atoms with Gasteiger partial charge in [0.2, 0.25) is 0 Å². The van der Waals surface area contributed by atoms with E-state index in [4.69, 9.17) is 4.74 Å². The highest BCUT2D eigenvalue weighted by atomic mass is 19.4. The molecule has 3 rings (SSSR count). The van der Waals surface area contributed by atoms with Gasteiger partial charge in [-0.05, 0) is 65.8 Å². The fraction of sp³-hybridized carbons (Fsp3) is 0.269. The Hall–Kier alpha value is -3.19. The molecule has 0 heterocycles. The maximum Gasteiger partial charge on any atom is 0.522 e. The minimum atomic E-state index is -4.84. The number of halogens is 4. The summed E-state index contributed by atoms with van der Waals surface area (Å²) in [7, 11) is 0. The van der Waals surface area contributed by atoms with E-state index >= 15 is 0 Å². The van der Waals surface area contributed by atoms with E-state index in [0.717, 1.165) is 17.5 Å². The summed E-state index contributed by atoms with van der Waals surface area (Å²) < 4.78 is 58.2. The molecule has 0 amide bonds. The van der Waals surface area contributed by atoms with Gasteiger partial charge in [0.1, 0.15) is 11.9 Å². The van der Waals surface area contributed by atoms with Gasteiger partial charge in [0.25, 0.3) is 0 Å². The largest absolute Gasteiger partial charge is 0.522 e. The molecule has 33 heavy (non-hydrogen) atoms. The second-order valence-electron chi connectivity index (χ2n) is 7.55. The zero-order chi connectivity index (χ0) is 23.8. The van der Waals surface area contributed by atoms with Crippen LogP contribution in [0.25, 0.3) is 11.1 Å². The van der Waals surface area contributed by atoms with Gasteiger partial charge in [-0.1, -0.05) is 55.5 Å². The van der Waals surface area contributed by atoms with Gasteiger partial charge in [0, 0.05) is 0 Å². The van der Waals surface area contributed by atoms with Crippen molar-refractivity contribution in [1.82, 2.24) is 0 Å². The number of ether oxygens (including phenoxy) is 2. The average molecular weight is 460 g/mol. The molecule has 0 fully saturated rings. The molecule has 7 heteroatoms. The molecule has 0 spiro atoms. The summed E-state index contributed by atoms with van der Waals surface area (Å²) in [4.78, 5) is 12.4. The van der Waals surface area contributed by atoms with Gasteiger partial charge in [-0.25, -0.2) is 9.18 Å². The van der Waals surface area contributed by atoms with Crippen molar-refractivity contribution >= 4 is 5.97 Å². The number of rotatable bonds is 9. The zero-order valence-electron chi connectivity index (χ0n) is 18.1. The smallest absolute Gasteiger partial charge is 0.423 e. The molecule has 0 N–H and O–H groups in total. The molecule has 0 saturated carbocycles. The van der Waals surface area contributed by atoms with Crippen LogP contribution >= 0.6 is 0 Å². The zero-order valence-corrected chi connectivity index (χ0v) is 18.1. The van der Waals surface area contributed by atoms with Crippen molar-refractivity contribution in [2.75, 3.05) is 6.61 Å². The van der Waals surface area contributed by atoms with E-state index in [2.05, 4.69) is 23.8 Å². The van der Waals surface area contributed by atoms with Crippen LogP contribution in [-0.2, 0) is 17.6 Å². The Labute approximate surface area is 190 Å². The summed E-state index contributed by atoms with van der Waals surface area (Å²) in [5.41, 5.74) is 4.42. The molecule has 0 radical (unpaired) electrons. The maximum atomic E-state index is 13.5. The van der Waals surface area contributed by atoms with Crippen LogP contribution in [0.5, 0.6) is 5.75 Å². The van der Waals surface area contributed by atoms with Crippen molar-refractivity contribution in [3.63, 3.8) is 0 Å². The third-order valence-corrected chi connectivity index (χ3v) is 5.12. The van der Waals surface area contributed by atoms with Crippen LogP contribution < -0.4 is 4.74 Å². The van der Waals surface area contributed by atoms with Crippen LogP contribution in [0.4, 0.5) is 17.6 Å². The standard InChI is InChI=1S/C26H24F4O3/c1-2-18-3-8-20(9-4-18)21-10-12-22(13-11-21)25(31)33-24-15-6-19(7-16-24)5-14-23(27)17-32-26(28,29)30/h3-4,6-13,15-16,23H,2,5,14,17H2,1H3. The summed E-state index contributed by atoms with van der Waals surface area (Å²) >= 11 is 0. The van der Waals surface area contributed by atoms with Gasteiger partial charge in [-0.3, -0.25) is 4.74 Å². The molecular formula is C26H24F4O3. The van der Waals surface area contributed by atoms with Crippen molar-refractivity contribution in [3.05, 3.63) is 89.5 Å². The highest BCUT2D eigenvalue weighted by Gasteiger charge is 2.30. The van der Waals surface area contributed by atoms with Gasteiger partial charge in [0.15, 0.2) is 0 Å². The molecule has 0 aliphatic rings. The Morgan fingerprint density at radius 1 is 0.848 bits per heavy atom. The Morgan fingerprint density at radius 2 is 1.39 bits per heavy atom. The summed E-state index contributed by atoms with van der Waals surface area (Å²) in [5, 5.41) is 0. The molecular weight excluding hydrogens is 436 g/mol. The highest BCUT2D eigenvalue weighted by Crippen LogP contribution is 2.22. The van der Waals surface area contributed by atoms with Crippen molar-refractivity contribution < 1.29 is 31.8 Å². The minimum absolute atomic E-state index is 0.108. The van der Waals surface area contributed by atoms with Crippen LogP contribution in [0, 0.1) is 0 Å². The first kappa shape index (κ1) is 24.5. The lowest BCUT2D eigenvalue weighted by atomic mass is 10.0. The number of aryl methyl sites for hydroxylation is 2. The number of carbonyl (C=O) groups excluding carboxylic acids is 1. The normalized spacial score (nSPS) is 12.4. The van der Waals surface area contributed by atoms with Crippen LogP contribution in [0.3, 0.4) is 0 Å². The van der Waals surface area contributed by atoms with E-state index in [-0.39, 0.29) is 12.8 Å². The van der Waals surface area contributed by atoms with E-state index in [1.807, 2.05) is 24.3 Å². The third-order valence-electron chi connectivity index (χ3n) is 5.12. The number of hydrogen-bond acceptors (Lipinski definition) is 3. The van der Waals surface area contributed by atoms with E-state index in [1.54, 1.807) is 36.4 Å². The first-order chi connectivity index (χ1) is 15.7. The molecule has 3 aromatic carbocycles. The summed E-state index contributed by atoms with van der Waals surface area (Å²) in [6.45, 7) is 1.07. The van der Waals surface area contributed by atoms with Gasteiger partial charge >= 0.3 is 12.3 Å². The summed E-state index contributed by atoms with van der Waals surface area (Å²) in [6.07, 6.45) is -5.47. The molecule has 174 valence electrons. The van der Waals surface area contributed by atoms with Gasteiger partial charge < -0.3 is 4.74 Å².